The first kappa shape index (κ1) is 10.4. The molecule has 0 amide bonds. The molecule has 0 spiro atoms. The van der Waals surface area contributed by atoms with Crippen LogP contribution in [0.4, 0.5) is 0 Å². The van der Waals surface area contributed by atoms with Crippen molar-refractivity contribution >= 4 is 0 Å². The van der Waals surface area contributed by atoms with Crippen molar-refractivity contribution in [3.05, 3.63) is 0 Å². The van der Waals surface area contributed by atoms with Gasteiger partial charge in [0.2, 0.25) is 0 Å². The number of piperidine rings is 1. The van der Waals surface area contributed by atoms with E-state index in [2.05, 4.69) is 24.1 Å². The molecule has 14 heavy (non-hydrogen) atoms. The van der Waals surface area contributed by atoms with Crippen LogP contribution in [-0.2, 0) is 0 Å². The quantitative estimate of drug-likeness (QED) is 0.727. The average Bonchev–Trinajstić information content (AvgIpc) is 2.67. The summed E-state index contributed by atoms with van der Waals surface area (Å²) < 4.78 is 0. The molecule has 0 aromatic carbocycles. The Hall–Kier alpha value is -0.0800. The van der Waals surface area contributed by atoms with Crippen LogP contribution >= 0.6 is 0 Å². The maximum atomic E-state index is 3.76. The first-order valence-electron chi connectivity index (χ1n) is 6.25. The van der Waals surface area contributed by atoms with E-state index in [0.29, 0.717) is 5.54 Å². The van der Waals surface area contributed by atoms with E-state index < -0.39 is 0 Å². The molecular weight excluding hydrogens is 172 g/mol. The Morgan fingerprint density at radius 1 is 1.36 bits per heavy atom. The summed E-state index contributed by atoms with van der Waals surface area (Å²) >= 11 is 0. The third kappa shape index (κ3) is 1.82. The minimum Gasteiger partial charge on any atom is -0.310 e. The van der Waals surface area contributed by atoms with E-state index in [4.69, 9.17) is 0 Å². The molecule has 2 atom stereocenters. The lowest BCUT2D eigenvalue weighted by Crippen LogP contribution is -2.58. The molecule has 2 aliphatic rings. The van der Waals surface area contributed by atoms with E-state index in [1.54, 1.807) is 0 Å². The van der Waals surface area contributed by atoms with E-state index >= 15 is 0 Å². The van der Waals surface area contributed by atoms with E-state index in [1.807, 2.05) is 0 Å². The Bertz CT molecular complexity index is 185. The molecule has 0 saturated carbocycles. The van der Waals surface area contributed by atoms with E-state index in [0.717, 1.165) is 6.04 Å². The summed E-state index contributed by atoms with van der Waals surface area (Å²) in [4.78, 5) is 2.66. The fourth-order valence-corrected chi connectivity index (χ4v) is 3.29. The van der Waals surface area contributed by atoms with Crippen LogP contribution in [0.3, 0.4) is 0 Å². The topological polar surface area (TPSA) is 15.3 Å². The van der Waals surface area contributed by atoms with Gasteiger partial charge in [0.1, 0.15) is 0 Å². The van der Waals surface area contributed by atoms with Gasteiger partial charge in [-0.25, -0.2) is 0 Å². The zero-order chi connectivity index (χ0) is 10.0. The molecule has 2 heteroatoms. The number of nitrogens with one attached hydrogen (secondary N) is 1. The number of likely N-dealkylation sites (tertiary alicyclic amines) is 1. The highest BCUT2D eigenvalue weighted by atomic mass is 15.2. The van der Waals surface area contributed by atoms with Crippen molar-refractivity contribution in [3.8, 4) is 0 Å². The normalized spacial score (nSPS) is 40.3. The second kappa shape index (κ2) is 4.19. The SMILES string of the molecule is CCN1CCCC1C1(C)CCCCN1. The summed E-state index contributed by atoms with van der Waals surface area (Å²) in [6.07, 6.45) is 6.95. The largest absolute Gasteiger partial charge is 0.310 e. The van der Waals surface area contributed by atoms with E-state index in [-0.39, 0.29) is 0 Å². The molecule has 2 nitrogen and oxygen atoms in total. The fraction of sp³-hybridized carbons (Fsp3) is 1.00. The van der Waals surface area contributed by atoms with Crippen LogP contribution in [0.1, 0.15) is 46.0 Å². The Morgan fingerprint density at radius 2 is 2.21 bits per heavy atom. The molecule has 0 aliphatic carbocycles. The third-order valence-electron chi connectivity index (χ3n) is 4.16. The lowest BCUT2D eigenvalue weighted by molar-refractivity contribution is 0.123. The van der Waals surface area contributed by atoms with Crippen molar-refractivity contribution in [3.63, 3.8) is 0 Å². The van der Waals surface area contributed by atoms with Crippen molar-refractivity contribution < 1.29 is 0 Å². The number of nitrogens with zero attached hydrogens (tertiary/aromatic N) is 1. The smallest absolute Gasteiger partial charge is 0.0308 e. The van der Waals surface area contributed by atoms with Gasteiger partial charge in [-0.2, -0.15) is 0 Å². The molecule has 2 unspecified atom stereocenters. The van der Waals surface area contributed by atoms with Crippen LogP contribution in [-0.4, -0.2) is 36.1 Å². The van der Waals surface area contributed by atoms with Gasteiger partial charge in [0, 0.05) is 11.6 Å². The lowest BCUT2D eigenvalue weighted by Gasteiger charge is -2.43. The van der Waals surface area contributed by atoms with Crippen molar-refractivity contribution in [2.45, 2.75) is 57.5 Å². The highest BCUT2D eigenvalue weighted by molar-refractivity contribution is 5.00. The maximum absolute atomic E-state index is 3.76. The number of hydrogen-bond acceptors (Lipinski definition) is 2. The van der Waals surface area contributed by atoms with Gasteiger partial charge in [-0.05, 0) is 52.2 Å². The molecule has 0 bridgehead atoms. The summed E-state index contributed by atoms with van der Waals surface area (Å²) in [6, 6.07) is 0.799. The monoisotopic (exact) mass is 196 g/mol. The van der Waals surface area contributed by atoms with Gasteiger partial charge in [-0.3, -0.25) is 4.90 Å². The summed E-state index contributed by atoms with van der Waals surface area (Å²) in [5.74, 6) is 0. The average molecular weight is 196 g/mol. The highest BCUT2D eigenvalue weighted by Gasteiger charge is 2.40. The van der Waals surface area contributed by atoms with Gasteiger partial charge in [0.15, 0.2) is 0 Å². The molecule has 2 saturated heterocycles. The van der Waals surface area contributed by atoms with Crippen molar-refractivity contribution in [1.29, 1.82) is 0 Å². The van der Waals surface area contributed by atoms with Gasteiger partial charge >= 0.3 is 0 Å². The Labute approximate surface area is 88.1 Å². The van der Waals surface area contributed by atoms with Gasteiger partial charge in [0.25, 0.3) is 0 Å². The van der Waals surface area contributed by atoms with Gasteiger partial charge in [-0.15, -0.1) is 0 Å². The van der Waals surface area contributed by atoms with Crippen LogP contribution in [0, 0.1) is 0 Å². The standard InChI is InChI=1S/C12H24N2/c1-3-14-10-6-7-11(14)12(2)8-4-5-9-13-12/h11,13H,3-10H2,1-2H3. The molecule has 2 fully saturated rings. The van der Waals surface area contributed by atoms with Crippen LogP contribution in [0.15, 0.2) is 0 Å². The van der Waals surface area contributed by atoms with Crippen LogP contribution in [0.5, 0.6) is 0 Å². The molecule has 2 heterocycles. The molecule has 1 N–H and O–H groups in total. The Kier molecular flexibility index (Phi) is 3.13. The summed E-state index contributed by atoms with van der Waals surface area (Å²) in [7, 11) is 0. The van der Waals surface area contributed by atoms with Gasteiger partial charge in [-0.1, -0.05) is 13.3 Å². The van der Waals surface area contributed by atoms with Crippen molar-refractivity contribution in [2.75, 3.05) is 19.6 Å². The summed E-state index contributed by atoms with van der Waals surface area (Å²) in [5, 5.41) is 3.76. The molecule has 82 valence electrons. The van der Waals surface area contributed by atoms with Crippen LogP contribution in [0.2, 0.25) is 0 Å². The molecule has 0 aromatic heterocycles. The predicted molar refractivity (Wildman–Crippen MR) is 60.5 cm³/mol. The van der Waals surface area contributed by atoms with Gasteiger partial charge in [0.05, 0.1) is 0 Å². The molecular formula is C12H24N2. The fourth-order valence-electron chi connectivity index (χ4n) is 3.29. The molecule has 2 aliphatic heterocycles. The minimum absolute atomic E-state index is 0.408. The molecule has 2 rings (SSSR count). The van der Waals surface area contributed by atoms with Crippen LogP contribution in [0.25, 0.3) is 0 Å². The lowest BCUT2D eigenvalue weighted by atomic mass is 9.82. The molecule has 0 aromatic rings. The Balaban J connectivity index is 2.03. The first-order valence-corrected chi connectivity index (χ1v) is 6.25. The van der Waals surface area contributed by atoms with E-state index in [9.17, 15) is 0 Å². The second-order valence-corrected chi connectivity index (χ2v) is 5.09. The number of hydrogen-bond donors (Lipinski definition) is 1. The first-order chi connectivity index (χ1) is 6.76. The maximum Gasteiger partial charge on any atom is 0.0308 e. The van der Waals surface area contributed by atoms with E-state index in [1.165, 1.54) is 51.7 Å². The predicted octanol–water partition coefficient (Wildman–Crippen LogP) is 2.00. The summed E-state index contributed by atoms with van der Waals surface area (Å²) in [5.41, 5.74) is 0.408. The Morgan fingerprint density at radius 3 is 2.86 bits per heavy atom. The van der Waals surface area contributed by atoms with Gasteiger partial charge < -0.3 is 5.32 Å². The summed E-state index contributed by atoms with van der Waals surface area (Å²) in [6.45, 7) is 8.50. The van der Waals surface area contributed by atoms with Crippen molar-refractivity contribution in [2.24, 2.45) is 0 Å². The zero-order valence-electron chi connectivity index (χ0n) is 9.68. The third-order valence-corrected chi connectivity index (χ3v) is 4.16. The minimum atomic E-state index is 0.408. The highest BCUT2D eigenvalue weighted by Crippen LogP contribution is 2.32. The second-order valence-electron chi connectivity index (χ2n) is 5.09. The molecule has 0 radical (unpaired) electrons. The number of rotatable bonds is 2. The van der Waals surface area contributed by atoms with Crippen molar-refractivity contribution in [1.82, 2.24) is 10.2 Å². The zero-order valence-corrected chi connectivity index (χ0v) is 9.68. The van der Waals surface area contributed by atoms with Crippen LogP contribution < -0.4 is 5.32 Å². The number of likely N-dealkylation sites (N-methyl/N-ethyl adjacent to an activating group) is 1.